The van der Waals surface area contributed by atoms with E-state index in [9.17, 15) is 0 Å². The number of fused-ring (bicyclic) bond motifs is 1. The molecule has 0 aliphatic carbocycles. The molecule has 0 aliphatic rings. The van der Waals surface area contributed by atoms with Crippen LogP contribution in [0.5, 0.6) is 0 Å². The molecule has 1 heterocycles. The molecule has 2 N–H and O–H groups in total. The Balaban J connectivity index is 2.32. The van der Waals surface area contributed by atoms with Crippen molar-refractivity contribution in [3.63, 3.8) is 0 Å². The van der Waals surface area contributed by atoms with Gasteiger partial charge < -0.3 is 15.2 Å². The summed E-state index contributed by atoms with van der Waals surface area (Å²) in [6.45, 7) is 3.14. The van der Waals surface area contributed by atoms with Gasteiger partial charge >= 0.3 is 0 Å². The van der Waals surface area contributed by atoms with Gasteiger partial charge in [-0.25, -0.2) is 4.98 Å². The third-order valence-corrected chi connectivity index (χ3v) is 2.99. The van der Waals surface area contributed by atoms with Crippen molar-refractivity contribution in [2.45, 2.75) is 19.5 Å². The Morgan fingerprint density at radius 3 is 2.88 bits per heavy atom. The maximum atomic E-state index is 5.73. The minimum atomic E-state index is 0.481. The second-order valence-electron chi connectivity index (χ2n) is 4.46. The van der Waals surface area contributed by atoms with Crippen LogP contribution >= 0.6 is 0 Å². The largest absolute Gasteiger partial charge is 0.399 e. The molecule has 0 saturated heterocycles. The number of nitrogen functional groups attached to an aromatic ring is 1. The Kier molecular flexibility index (Phi) is 2.83. The van der Waals surface area contributed by atoms with Gasteiger partial charge in [0.2, 0.25) is 0 Å². The van der Waals surface area contributed by atoms with Crippen LogP contribution in [0.1, 0.15) is 6.92 Å². The first-order valence-electron chi connectivity index (χ1n) is 5.44. The van der Waals surface area contributed by atoms with E-state index in [0.29, 0.717) is 6.04 Å². The second kappa shape index (κ2) is 4.14. The van der Waals surface area contributed by atoms with Crippen molar-refractivity contribution in [3.05, 3.63) is 24.5 Å². The van der Waals surface area contributed by atoms with E-state index in [2.05, 4.69) is 35.5 Å². The predicted octanol–water partition coefficient (Wildman–Crippen LogP) is 1.57. The third kappa shape index (κ3) is 2.02. The van der Waals surface area contributed by atoms with E-state index in [0.717, 1.165) is 23.3 Å². The number of rotatable bonds is 3. The van der Waals surface area contributed by atoms with Crippen LogP contribution in [-0.2, 0) is 6.54 Å². The number of hydrogen-bond acceptors (Lipinski definition) is 3. The zero-order valence-electron chi connectivity index (χ0n) is 10.0. The summed E-state index contributed by atoms with van der Waals surface area (Å²) in [5, 5.41) is 0. The monoisotopic (exact) mass is 218 g/mol. The maximum Gasteiger partial charge on any atom is 0.0958 e. The van der Waals surface area contributed by atoms with Gasteiger partial charge in [-0.15, -0.1) is 0 Å². The molecule has 4 nitrogen and oxygen atoms in total. The average molecular weight is 218 g/mol. The molecule has 0 radical (unpaired) electrons. The highest BCUT2D eigenvalue weighted by Gasteiger charge is 2.08. The van der Waals surface area contributed by atoms with Crippen molar-refractivity contribution in [3.8, 4) is 0 Å². The number of anilines is 1. The fraction of sp³-hybridized carbons (Fsp3) is 0.417. The van der Waals surface area contributed by atoms with Crippen LogP contribution in [0.25, 0.3) is 11.0 Å². The lowest BCUT2D eigenvalue weighted by molar-refractivity contribution is 0.286. The fourth-order valence-electron chi connectivity index (χ4n) is 1.67. The van der Waals surface area contributed by atoms with Crippen LogP contribution in [-0.4, -0.2) is 34.6 Å². The molecule has 1 unspecified atom stereocenters. The van der Waals surface area contributed by atoms with Crippen molar-refractivity contribution in [1.29, 1.82) is 0 Å². The number of imidazole rings is 1. The summed E-state index contributed by atoms with van der Waals surface area (Å²) < 4.78 is 2.17. The Morgan fingerprint density at radius 2 is 2.19 bits per heavy atom. The van der Waals surface area contributed by atoms with Gasteiger partial charge in [0.05, 0.1) is 17.4 Å². The lowest BCUT2D eigenvalue weighted by Crippen LogP contribution is -2.28. The minimum Gasteiger partial charge on any atom is -0.399 e. The van der Waals surface area contributed by atoms with Crippen molar-refractivity contribution < 1.29 is 0 Å². The molecule has 1 aromatic carbocycles. The minimum absolute atomic E-state index is 0.481. The Morgan fingerprint density at radius 1 is 1.44 bits per heavy atom. The van der Waals surface area contributed by atoms with E-state index < -0.39 is 0 Å². The SMILES string of the molecule is CC(Cn1cnc2cc(N)ccc21)N(C)C. The van der Waals surface area contributed by atoms with E-state index in [-0.39, 0.29) is 0 Å². The smallest absolute Gasteiger partial charge is 0.0958 e. The number of benzene rings is 1. The van der Waals surface area contributed by atoms with Crippen molar-refractivity contribution in [2.24, 2.45) is 0 Å². The van der Waals surface area contributed by atoms with E-state index in [1.807, 2.05) is 24.5 Å². The van der Waals surface area contributed by atoms with E-state index >= 15 is 0 Å². The first-order chi connectivity index (χ1) is 7.58. The summed E-state index contributed by atoms with van der Waals surface area (Å²) in [6, 6.07) is 6.34. The van der Waals surface area contributed by atoms with Gasteiger partial charge in [0.25, 0.3) is 0 Å². The van der Waals surface area contributed by atoms with Gasteiger partial charge in [-0.05, 0) is 39.2 Å². The number of aromatic nitrogens is 2. The second-order valence-corrected chi connectivity index (χ2v) is 4.46. The molecular formula is C12H18N4. The summed E-state index contributed by atoms with van der Waals surface area (Å²) in [5.41, 5.74) is 8.59. The lowest BCUT2D eigenvalue weighted by atomic mass is 10.2. The van der Waals surface area contributed by atoms with E-state index in [4.69, 9.17) is 5.73 Å². The summed E-state index contributed by atoms with van der Waals surface area (Å²) >= 11 is 0. The molecule has 4 heteroatoms. The number of likely N-dealkylation sites (N-methyl/N-ethyl adjacent to an activating group) is 1. The normalized spacial score (nSPS) is 13.5. The molecule has 0 saturated carbocycles. The van der Waals surface area contributed by atoms with Crippen LogP contribution in [0.2, 0.25) is 0 Å². The van der Waals surface area contributed by atoms with Crippen LogP contribution in [0.3, 0.4) is 0 Å². The predicted molar refractivity (Wildman–Crippen MR) is 67.3 cm³/mol. The molecule has 0 bridgehead atoms. The Bertz CT molecular complexity index is 487. The molecule has 16 heavy (non-hydrogen) atoms. The molecule has 2 rings (SSSR count). The number of nitrogens with zero attached hydrogens (tertiary/aromatic N) is 3. The van der Waals surface area contributed by atoms with Gasteiger partial charge in [-0.3, -0.25) is 0 Å². The third-order valence-electron chi connectivity index (χ3n) is 2.99. The quantitative estimate of drug-likeness (QED) is 0.795. The lowest BCUT2D eigenvalue weighted by Gasteiger charge is -2.20. The highest BCUT2D eigenvalue weighted by atomic mass is 15.1. The molecule has 0 spiro atoms. The van der Waals surface area contributed by atoms with Crippen molar-refractivity contribution >= 4 is 16.7 Å². The van der Waals surface area contributed by atoms with Crippen molar-refractivity contribution in [2.75, 3.05) is 19.8 Å². The molecule has 1 aromatic heterocycles. The molecule has 1 atom stereocenters. The van der Waals surface area contributed by atoms with Gasteiger partial charge in [-0.2, -0.15) is 0 Å². The number of nitrogens with two attached hydrogens (primary N) is 1. The van der Waals surface area contributed by atoms with Gasteiger partial charge in [0.15, 0.2) is 0 Å². The zero-order valence-corrected chi connectivity index (χ0v) is 10.0. The Labute approximate surface area is 95.7 Å². The summed E-state index contributed by atoms with van der Waals surface area (Å²) in [4.78, 5) is 6.55. The van der Waals surface area contributed by atoms with Crippen molar-refractivity contribution in [1.82, 2.24) is 14.5 Å². The average Bonchev–Trinajstić information content (AvgIpc) is 2.60. The molecule has 0 amide bonds. The first-order valence-corrected chi connectivity index (χ1v) is 5.44. The zero-order chi connectivity index (χ0) is 11.7. The maximum absolute atomic E-state index is 5.73. The topological polar surface area (TPSA) is 47.1 Å². The molecule has 0 aliphatic heterocycles. The Hall–Kier alpha value is -1.55. The summed E-state index contributed by atoms with van der Waals surface area (Å²) in [5.74, 6) is 0. The van der Waals surface area contributed by atoms with Crippen LogP contribution in [0.4, 0.5) is 5.69 Å². The van der Waals surface area contributed by atoms with Gasteiger partial charge in [-0.1, -0.05) is 0 Å². The fourth-order valence-corrected chi connectivity index (χ4v) is 1.67. The molecular weight excluding hydrogens is 200 g/mol. The molecule has 0 fully saturated rings. The molecule has 2 aromatic rings. The summed E-state index contributed by atoms with van der Waals surface area (Å²) in [7, 11) is 4.17. The van der Waals surface area contributed by atoms with Crippen LogP contribution in [0.15, 0.2) is 24.5 Å². The molecule has 86 valence electrons. The van der Waals surface area contributed by atoms with Crippen LogP contribution in [0, 0.1) is 0 Å². The highest BCUT2D eigenvalue weighted by Crippen LogP contribution is 2.16. The first kappa shape index (κ1) is 11.0. The van der Waals surface area contributed by atoms with E-state index in [1.54, 1.807) is 0 Å². The highest BCUT2D eigenvalue weighted by molar-refractivity contribution is 5.78. The standard InChI is InChI=1S/C12H18N4/c1-9(15(2)3)7-16-8-14-11-6-10(13)4-5-12(11)16/h4-6,8-9H,7,13H2,1-3H3. The summed E-state index contributed by atoms with van der Waals surface area (Å²) in [6.07, 6.45) is 1.88. The van der Waals surface area contributed by atoms with Crippen LogP contribution < -0.4 is 5.73 Å². The number of hydrogen-bond donors (Lipinski definition) is 1. The van der Waals surface area contributed by atoms with Gasteiger partial charge in [0, 0.05) is 18.3 Å². The van der Waals surface area contributed by atoms with E-state index in [1.165, 1.54) is 0 Å². The van der Waals surface area contributed by atoms with Gasteiger partial charge in [0.1, 0.15) is 0 Å².